The van der Waals surface area contributed by atoms with E-state index < -0.39 is 0 Å². The number of nitrogens with one attached hydrogen (secondary N) is 1. The van der Waals surface area contributed by atoms with E-state index in [0.29, 0.717) is 24.2 Å². The van der Waals surface area contributed by atoms with Gasteiger partial charge in [0.1, 0.15) is 5.75 Å². The molecule has 25 heavy (non-hydrogen) atoms. The van der Waals surface area contributed by atoms with Crippen molar-refractivity contribution in [2.75, 3.05) is 7.05 Å². The highest BCUT2D eigenvalue weighted by Crippen LogP contribution is 2.30. The summed E-state index contributed by atoms with van der Waals surface area (Å²) in [5.41, 5.74) is 0.749. The Morgan fingerprint density at radius 3 is 2.48 bits per heavy atom. The molecule has 2 heterocycles. The number of fused-ring (bicyclic) bond motifs is 2. The van der Waals surface area contributed by atoms with E-state index in [0.717, 1.165) is 37.0 Å². The molecule has 4 rings (SSSR count). The van der Waals surface area contributed by atoms with Gasteiger partial charge in [0.2, 0.25) is 0 Å². The number of ether oxygens (including phenoxy) is 1. The van der Waals surface area contributed by atoms with Crippen LogP contribution in [0.15, 0.2) is 24.3 Å². The van der Waals surface area contributed by atoms with E-state index in [1.165, 1.54) is 25.7 Å². The number of rotatable bonds is 4. The van der Waals surface area contributed by atoms with Gasteiger partial charge in [0, 0.05) is 30.7 Å². The van der Waals surface area contributed by atoms with Crippen LogP contribution in [-0.4, -0.2) is 42.1 Å². The van der Waals surface area contributed by atoms with Gasteiger partial charge in [-0.05, 0) is 69.6 Å². The third-order valence-electron chi connectivity index (χ3n) is 6.00. The van der Waals surface area contributed by atoms with Crippen molar-refractivity contribution >= 4 is 18.3 Å². The Hall–Kier alpha value is -1.26. The van der Waals surface area contributed by atoms with E-state index in [4.69, 9.17) is 4.74 Å². The maximum absolute atomic E-state index is 12.9. The summed E-state index contributed by atoms with van der Waals surface area (Å²) in [5.74, 6) is 0.963. The lowest BCUT2D eigenvalue weighted by molar-refractivity contribution is 0.0681. The first kappa shape index (κ1) is 18.5. The Labute approximate surface area is 156 Å². The third-order valence-corrected chi connectivity index (χ3v) is 6.00. The summed E-state index contributed by atoms with van der Waals surface area (Å²) in [4.78, 5) is 14.9. The summed E-state index contributed by atoms with van der Waals surface area (Å²) < 4.78 is 6.05. The maximum Gasteiger partial charge on any atom is 0.253 e. The molecule has 1 saturated carbocycles. The number of halogens is 1. The predicted octanol–water partition coefficient (Wildman–Crippen LogP) is 3.78. The summed E-state index contributed by atoms with van der Waals surface area (Å²) >= 11 is 0. The Morgan fingerprint density at radius 2 is 1.80 bits per heavy atom. The van der Waals surface area contributed by atoms with Crippen LogP contribution in [0.2, 0.25) is 0 Å². The molecule has 1 aromatic rings. The van der Waals surface area contributed by atoms with Gasteiger partial charge in [-0.1, -0.05) is 6.07 Å². The monoisotopic (exact) mass is 364 g/mol. The fraction of sp³-hybridized carbons (Fsp3) is 0.650. The standard InChI is InChI=1S/C20H28N2O2.ClH/c1-22(17-12-15-9-10-16(13-17)21-15)20(23)14-5-4-8-19(11-14)24-18-6-2-3-7-18;/h4-5,8,11,15-18,21H,2-3,6-7,9-10,12-13H2,1H3;1H. The van der Waals surface area contributed by atoms with Gasteiger partial charge in [-0.15, -0.1) is 12.4 Å². The fourth-order valence-corrected chi connectivity index (χ4v) is 4.61. The molecule has 2 aliphatic heterocycles. The number of piperidine rings is 1. The molecule has 4 nitrogen and oxygen atoms in total. The second-order valence-corrected chi connectivity index (χ2v) is 7.73. The number of carbonyl (C=O) groups excluding carboxylic acids is 1. The summed E-state index contributed by atoms with van der Waals surface area (Å²) in [5, 5.41) is 3.65. The molecule has 3 fully saturated rings. The van der Waals surface area contributed by atoms with Crippen molar-refractivity contribution < 1.29 is 9.53 Å². The molecule has 1 aromatic carbocycles. The first-order chi connectivity index (χ1) is 11.7. The second kappa shape index (κ2) is 7.96. The minimum atomic E-state index is 0. The van der Waals surface area contributed by atoms with E-state index in [-0.39, 0.29) is 18.3 Å². The Bertz CT molecular complexity index is 591. The molecule has 5 heteroatoms. The van der Waals surface area contributed by atoms with Crippen LogP contribution in [-0.2, 0) is 0 Å². The Balaban J connectivity index is 0.00000182. The molecule has 0 spiro atoms. The highest BCUT2D eigenvalue weighted by Gasteiger charge is 2.36. The van der Waals surface area contributed by atoms with Crippen LogP contribution in [0.25, 0.3) is 0 Å². The highest BCUT2D eigenvalue weighted by atomic mass is 35.5. The van der Waals surface area contributed by atoms with Crippen molar-refractivity contribution in [3.05, 3.63) is 29.8 Å². The normalized spacial score (nSPS) is 28.4. The number of hydrogen-bond acceptors (Lipinski definition) is 3. The van der Waals surface area contributed by atoms with E-state index in [1.807, 2.05) is 36.2 Å². The number of amides is 1. The molecule has 1 aliphatic carbocycles. The molecule has 2 unspecified atom stereocenters. The highest BCUT2D eigenvalue weighted by molar-refractivity contribution is 5.94. The van der Waals surface area contributed by atoms with Gasteiger partial charge in [0.15, 0.2) is 0 Å². The molecule has 1 N–H and O–H groups in total. The number of carbonyl (C=O) groups is 1. The summed E-state index contributed by atoms with van der Waals surface area (Å²) in [7, 11) is 1.96. The molecule has 0 radical (unpaired) electrons. The second-order valence-electron chi connectivity index (χ2n) is 7.73. The lowest BCUT2D eigenvalue weighted by Gasteiger charge is -2.35. The molecular weight excluding hydrogens is 336 g/mol. The molecule has 2 bridgehead atoms. The van der Waals surface area contributed by atoms with Gasteiger partial charge in [-0.2, -0.15) is 0 Å². The predicted molar refractivity (Wildman–Crippen MR) is 102 cm³/mol. The average Bonchev–Trinajstić information content (AvgIpc) is 3.23. The molecule has 2 saturated heterocycles. The van der Waals surface area contributed by atoms with Crippen molar-refractivity contribution in [1.29, 1.82) is 0 Å². The average molecular weight is 365 g/mol. The lowest BCUT2D eigenvalue weighted by atomic mass is 9.98. The van der Waals surface area contributed by atoms with Crippen molar-refractivity contribution in [1.82, 2.24) is 10.2 Å². The fourth-order valence-electron chi connectivity index (χ4n) is 4.61. The molecule has 3 aliphatic rings. The first-order valence-electron chi connectivity index (χ1n) is 9.49. The molecule has 2 atom stereocenters. The van der Waals surface area contributed by atoms with Crippen LogP contribution >= 0.6 is 12.4 Å². The number of nitrogens with zero attached hydrogens (tertiary/aromatic N) is 1. The summed E-state index contributed by atoms with van der Waals surface area (Å²) in [6.45, 7) is 0. The zero-order chi connectivity index (χ0) is 16.5. The Morgan fingerprint density at radius 1 is 1.12 bits per heavy atom. The van der Waals surface area contributed by atoms with Gasteiger partial charge in [-0.25, -0.2) is 0 Å². The summed E-state index contributed by atoms with van der Waals surface area (Å²) in [6.07, 6.45) is 9.78. The van der Waals surface area contributed by atoms with Crippen LogP contribution in [0, 0.1) is 0 Å². The smallest absolute Gasteiger partial charge is 0.253 e. The largest absolute Gasteiger partial charge is 0.490 e. The lowest BCUT2D eigenvalue weighted by Crippen LogP contribution is -2.48. The Kier molecular flexibility index (Phi) is 5.90. The van der Waals surface area contributed by atoms with Gasteiger partial charge < -0.3 is 15.0 Å². The minimum absolute atomic E-state index is 0. The molecule has 0 aromatic heterocycles. The van der Waals surface area contributed by atoms with Gasteiger partial charge >= 0.3 is 0 Å². The molecule has 138 valence electrons. The quantitative estimate of drug-likeness (QED) is 0.883. The van der Waals surface area contributed by atoms with Crippen LogP contribution in [0.3, 0.4) is 0 Å². The number of benzene rings is 1. The van der Waals surface area contributed by atoms with Crippen LogP contribution in [0.4, 0.5) is 0 Å². The van der Waals surface area contributed by atoms with Crippen LogP contribution < -0.4 is 10.1 Å². The van der Waals surface area contributed by atoms with Crippen molar-refractivity contribution in [3.63, 3.8) is 0 Å². The van der Waals surface area contributed by atoms with E-state index >= 15 is 0 Å². The van der Waals surface area contributed by atoms with Crippen molar-refractivity contribution in [3.8, 4) is 5.75 Å². The molecule has 1 amide bonds. The molecular formula is C20H29ClN2O2. The van der Waals surface area contributed by atoms with Gasteiger partial charge in [0.25, 0.3) is 5.91 Å². The van der Waals surface area contributed by atoms with Gasteiger partial charge in [0.05, 0.1) is 6.10 Å². The van der Waals surface area contributed by atoms with E-state index in [2.05, 4.69) is 5.32 Å². The maximum atomic E-state index is 12.9. The van der Waals surface area contributed by atoms with Crippen molar-refractivity contribution in [2.24, 2.45) is 0 Å². The zero-order valence-corrected chi connectivity index (χ0v) is 15.8. The summed E-state index contributed by atoms with van der Waals surface area (Å²) in [6, 6.07) is 9.30. The van der Waals surface area contributed by atoms with Gasteiger partial charge in [-0.3, -0.25) is 4.79 Å². The van der Waals surface area contributed by atoms with Crippen LogP contribution in [0.5, 0.6) is 5.75 Å². The topological polar surface area (TPSA) is 41.6 Å². The van der Waals surface area contributed by atoms with Crippen molar-refractivity contribution in [2.45, 2.75) is 75.6 Å². The number of hydrogen-bond donors (Lipinski definition) is 1. The van der Waals surface area contributed by atoms with Crippen LogP contribution in [0.1, 0.15) is 61.7 Å². The van der Waals surface area contributed by atoms with E-state index in [9.17, 15) is 4.79 Å². The first-order valence-corrected chi connectivity index (χ1v) is 9.49. The SMILES string of the molecule is CN(C(=O)c1cccc(OC2CCCC2)c1)C1CC2CCC(C1)N2.Cl. The minimum Gasteiger partial charge on any atom is -0.490 e. The van der Waals surface area contributed by atoms with E-state index in [1.54, 1.807) is 0 Å². The third kappa shape index (κ3) is 4.12. The zero-order valence-electron chi connectivity index (χ0n) is 14.9.